The third-order valence-electron chi connectivity index (χ3n) is 4.65. The van der Waals surface area contributed by atoms with Crippen LogP contribution in [0.3, 0.4) is 0 Å². The first kappa shape index (κ1) is 25.5. The molecule has 0 spiro atoms. The summed E-state index contributed by atoms with van der Waals surface area (Å²) in [7, 11) is 3.29. The Balaban J connectivity index is 0.00000420. The Bertz CT molecular complexity index is 877. The van der Waals surface area contributed by atoms with Crippen molar-refractivity contribution < 1.29 is 47.3 Å². The Morgan fingerprint density at radius 2 is 1.83 bits per heavy atom. The predicted molar refractivity (Wildman–Crippen MR) is 113 cm³/mol. The zero-order valence-electron chi connectivity index (χ0n) is 17.7. The van der Waals surface area contributed by atoms with Gasteiger partial charge >= 0.3 is 0 Å². The van der Waals surface area contributed by atoms with Crippen molar-refractivity contribution in [2.45, 2.75) is 39.7 Å². The Morgan fingerprint density at radius 1 is 1.17 bits per heavy atom. The molecule has 29 heavy (non-hydrogen) atoms. The van der Waals surface area contributed by atoms with E-state index in [9.17, 15) is 9.90 Å². The molecule has 0 aliphatic heterocycles. The Morgan fingerprint density at radius 3 is 2.41 bits per heavy atom. The normalized spacial score (nSPS) is 10.6. The number of anilines is 1. The molecule has 0 saturated heterocycles. The summed E-state index contributed by atoms with van der Waals surface area (Å²) < 4.78 is 4.70. The van der Waals surface area contributed by atoms with Gasteiger partial charge < -0.3 is 14.7 Å². The summed E-state index contributed by atoms with van der Waals surface area (Å²) in [5.74, 6) is 5.77. The van der Waals surface area contributed by atoms with Gasteiger partial charge in [0.25, 0.3) is 5.91 Å². The summed E-state index contributed by atoms with van der Waals surface area (Å²) in [6, 6.07) is 13.1. The number of amides is 1. The fraction of sp³-hybridized carbons (Fsp3) is 0.333. The molecule has 0 saturated carbocycles. The van der Waals surface area contributed by atoms with E-state index in [0.29, 0.717) is 18.5 Å². The van der Waals surface area contributed by atoms with Crippen molar-refractivity contribution in [2.24, 2.45) is 0 Å². The van der Waals surface area contributed by atoms with Crippen molar-refractivity contribution in [1.29, 1.82) is 0 Å². The Hall–Kier alpha value is -1.51. The molecule has 1 N–H and O–H groups in total. The summed E-state index contributed by atoms with van der Waals surface area (Å²) in [5, 5.41) is 10.6. The third kappa shape index (κ3) is 7.05. The maximum absolute atomic E-state index is 13.2. The zero-order chi connectivity index (χ0) is 20.7. The average Bonchev–Trinajstić information content (AvgIpc) is 2.66. The smallest absolute Gasteiger partial charge is 0.258 e. The molecule has 151 valence electrons. The molecule has 2 aromatic rings. The number of carbonyl (C=O) groups is 1. The second kappa shape index (κ2) is 11.6. The second-order valence-corrected chi connectivity index (χ2v) is 7.27. The average molecular weight is 467 g/mol. The van der Waals surface area contributed by atoms with Gasteiger partial charge in [-0.3, -0.25) is 4.79 Å². The summed E-state index contributed by atoms with van der Waals surface area (Å²) in [6.45, 7) is 8.19. The van der Waals surface area contributed by atoms with Gasteiger partial charge in [-0.05, 0) is 68.7 Å². The molecule has 2 rings (SSSR count). The second-order valence-electron chi connectivity index (χ2n) is 7.27. The van der Waals surface area contributed by atoms with Gasteiger partial charge in [0, 0.05) is 56.9 Å². The number of hydrogen-bond donors (Lipinski definition) is 1. The van der Waals surface area contributed by atoms with Crippen LogP contribution in [0, 0.1) is 32.8 Å². The first-order valence-electron chi connectivity index (χ1n) is 9.29. The molecule has 0 heterocycles. The molecule has 1 amide bonds. The topological polar surface area (TPSA) is 49.8 Å². The van der Waals surface area contributed by atoms with Crippen molar-refractivity contribution >= 4 is 11.6 Å². The molecule has 1 radical (unpaired) electrons. The van der Waals surface area contributed by atoms with E-state index >= 15 is 0 Å². The van der Waals surface area contributed by atoms with Gasteiger partial charge in [0.2, 0.25) is 0 Å². The fourth-order valence-electron chi connectivity index (χ4n) is 3.07. The molecule has 4 nitrogen and oxygen atoms in total. The van der Waals surface area contributed by atoms with E-state index in [-0.39, 0.29) is 45.2 Å². The zero-order valence-corrected chi connectivity index (χ0v) is 20.5. The van der Waals surface area contributed by atoms with Crippen LogP contribution in [0.4, 0.5) is 5.69 Å². The standard InChI is InChI=1S/C24H28NO3.Y/c1-18-16-21(17-22(19(18)2)24(3,4)27)25(14-10-7-11-15-28-5)23(26)20-12-8-6-9-13-20;/h6,8-9,12-13,16-17,27H,5,10,14-15H2,1-4H3;/q-1;. The van der Waals surface area contributed by atoms with Crippen molar-refractivity contribution in [3.05, 3.63) is 71.8 Å². The van der Waals surface area contributed by atoms with Crippen LogP contribution in [-0.2, 0) is 43.0 Å². The number of nitrogens with zero attached hydrogens (tertiary/aromatic N) is 1. The van der Waals surface area contributed by atoms with Crippen LogP contribution >= 0.6 is 0 Å². The number of ether oxygens (including phenoxy) is 1. The molecule has 5 heteroatoms. The molecule has 0 bridgehead atoms. The number of benzene rings is 2. The summed E-state index contributed by atoms with van der Waals surface area (Å²) in [6.07, 6.45) is 0.507. The number of aryl methyl sites for hydroxylation is 1. The molecular formula is C24H28NO3Y-. The number of carbonyl (C=O) groups excluding carboxylic acids is 1. The number of aliphatic hydroxyl groups is 1. The largest absolute Gasteiger partial charge is 0.546 e. The first-order valence-corrected chi connectivity index (χ1v) is 9.29. The van der Waals surface area contributed by atoms with E-state index in [1.165, 1.54) is 0 Å². The van der Waals surface area contributed by atoms with E-state index in [4.69, 9.17) is 4.74 Å². The summed E-state index contributed by atoms with van der Waals surface area (Å²) in [5.41, 5.74) is 3.22. The minimum Gasteiger partial charge on any atom is -0.546 e. The molecule has 2 aromatic carbocycles. The summed E-state index contributed by atoms with van der Waals surface area (Å²) >= 11 is 0. The van der Waals surface area contributed by atoms with Crippen LogP contribution in [0.25, 0.3) is 0 Å². The van der Waals surface area contributed by atoms with Gasteiger partial charge in [-0.1, -0.05) is 30.0 Å². The van der Waals surface area contributed by atoms with Crippen molar-refractivity contribution in [3.63, 3.8) is 0 Å². The molecule has 0 atom stereocenters. The molecule has 0 fully saturated rings. The Kier molecular flexibility index (Phi) is 10.2. The molecule has 0 aliphatic rings. The van der Waals surface area contributed by atoms with Crippen LogP contribution in [0.15, 0.2) is 42.5 Å². The van der Waals surface area contributed by atoms with Gasteiger partial charge in [0.05, 0.1) is 12.2 Å². The predicted octanol–water partition coefficient (Wildman–Crippen LogP) is 4.38. The third-order valence-corrected chi connectivity index (χ3v) is 4.65. The number of rotatable bonds is 6. The van der Waals surface area contributed by atoms with E-state index < -0.39 is 5.60 Å². The molecular weight excluding hydrogens is 439 g/mol. The first-order chi connectivity index (χ1) is 13.3. The number of hydrogen-bond acceptors (Lipinski definition) is 3. The van der Waals surface area contributed by atoms with E-state index in [0.717, 1.165) is 22.4 Å². The summed E-state index contributed by atoms with van der Waals surface area (Å²) in [4.78, 5) is 14.9. The molecule has 0 aliphatic carbocycles. The van der Waals surface area contributed by atoms with Gasteiger partial charge in [-0.25, -0.2) is 7.11 Å². The van der Waals surface area contributed by atoms with Gasteiger partial charge in [0.15, 0.2) is 0 Å². The van der Waals surface area contributed by atoms with E-state index in [1.807, 2.05) is 44.2 Å². The van der Waals surface area contributed by atoms with Crippen molar-refractivity contribution in [1.82, 2.24) is 0 Å². The van der Waals surface area contributed by atoms with Gasteiger partial charge in [-0.15, -0.1) is 0 Å². The van der Waals surface area contributed by atoms with Crippen LogP contribution in [0.5, 0.6) is 0 Å². The van der Waals surface area contributed by atoms with Crippen molar-refractivity contribution in [2.75, 3.05) is 18.1 Å². The van der Waals surface area contributed by atoms with Crippen LogP contribution in [0.2, 0.25) is 0 Å². The SMILES string of the molecule is [CH2-]OCC#CCCN(C(=O)c1ccccc1)c1cc(C)c(C)c(C(C)(C)O)c1.[Y]. The van der Waals surface area contributed by atoms with Crippen LogP contribution in [0.1, 0.15) is 47.3 Å². The van der Waals surface area contributed by atoms with Crippen LogP contribution in [-0.4, -0.2) is 24.2 Å². The quantitative estimate of drug-likeness (QED) is 0.507. The van der Waals surface area contributed by atoms with Gasteiger partial charge in [-0.2, -0.15) is 0 Å². The minimum atomic E-state index is -1.00. The minimum absolute atomic E-state index is 0. The van der Waals surface area contributed by atoms with E-state index in [2.05, 4.69) is 19.0 Å². The molecule has 0 unspecified atom stereocenters. The van der Waals surface area contributed by atoms with Gasteiger partial charge in [0.1, 0.15) is 0 Å². The van der Waals surface area contributed by atoms with E-state index in [1.54, 1.807) is 30.9 Å². The fourth-order valence-corrected chi connectivity index (χ4v) is 3.07. The Labute approximate surface area is 199 Å². The maximum atomic E-state index is 13.2. The monoisotopic (exact) mass is 467 g/mol. The van der Waals surface area contributed by atoms with Crippen LogP contribution < -0.4 is 4.90 Å². The maximum Gasteiger partial charge on any atom is 0.258 e. The molecule has 0 aromatic heterocycles. The van der Waals surface area contributed by atoms with Crippen molar-refractivity contribution in [3.8, 4) is 11.8 Å².